The van der Waals surface area contributed by atoms with Gasteiger partial charge in [0.2, 0.25) is 0 Å². The SMILES string of the molecule is CC(C)(C)c1[c-]c2c(cc1)-c1ccc(C(C)(C)C)cc1C2.CC1=CC(C)[C-]=C1.Cc1cc[c-]cc1.Cc1cc[c-]cc1.[CH2]=[Zr]. The average Bonchev–Trinajstić information content (AvgIpc) is 3.55. The van der Waals surface area contributed by atoms with Gasteiger partial charge >= 0.3 is 28.4 Å². The molecule has 0 saturated heterocycles. The first-order valence-electron chi connectivity index (χ1n) is 15.4. The first-order chi connectivity index (χ1) is 20.7. The van der Waals surface area contributed by atoms with Crippen LogP contribution in [0.4, 0.5) is 0 Å². The molecule has 6 rings (SSSR count). The summed E-state index contributed by atoms with van der Waals surface area (Å²) in [4.78, 5) is 0. The van der Waals surface area contributed by atoms with Gasteiger partial charge in [-0.1, -0.05) is 92.0 Å². The van der Waals surface area contributed by atoms with Gasteiger partial charge in [-0.15, -0.1) is 18.1 Å². The molecule has 230 valence electrons. The molecule has 0 aromatic heterocycles. The van der Waals surface area contributed by atoms with Crippen molar-refractivity contribution >= 4 is 4.21 Å². The minimum atomic E-state index is 0.167. The van der Waals surface area contributed by atoms with Crippen LogP contribution in [-0.2, 0) is 41.5 Å². The van der Waals surface area contributed by atoms with Crippen molar-refractivity contribution in [3.63, 3.8) is 0 Å². The maximum absolute atomic E-state index is 3.67. The van der Waals surface area contributed by atoms with Crippen LogP contribution in [-0.4, -0.2) is 4.21 Å². The molecule has 0 fully saturated rings. The Hall–Kier alpha value is -2.89. The van der Waals surface area contributed by atoms with Crippen molar-refractivity contribution in [3.8, 4) is 11.1 Å². The number of rotatable bonds is 0. The van der Waals surface area contributed by atoms with Gasteiger partial charge < -0.3 is 0 Å². The summed E-state index contributed by atoms with van der Waals surface area (Å²) in [5.74, 6) is 0.556. The summed E-state index contributed by atoms with van der Waals surface area (Å²) in [5.41, 5.74) is 12.6. The van der Waals surface area contributed by atoms with Gasteiger partial charge in [0.15, 0.2) is 0 Å². The Labute approximate surface area is 284 Å². The third-order valence-corrected chi connectivity index (χ3v) is 7.32. The second-order valence-corrected chi connectivity index (χ2v) is 13.5. The van der Waals surface area contributed by atoms with Gasteiger partial charge in [0.05, 0.1) is 0 Å². The van der Waals surface area contributed by atoms with Gasteiger partial charge in [0.25, 0.3) is 0 Å². The molecule has 44 heavy (non-hydrogen) atoms. The monoisotopic (exact) mass is 656 g/mol. The van der Waals surface area contributed by atoms with Crippen molar-refractivity contribution < 1.29 is 24.2 Å². The quantitative estimate of drug-likeness (QED) is 0.145. The fraction of sp³-hybridized carbons (Fsp3) is 0.326. The summed E-state index contributed by atoms with van der Waals surface area (Å²) in [6, 6.07) is 36.8. The normalized spacial score (nSPS) is 14.0. The number of benzene rings is 4. The summed E-state index contributed by atoms with van der Waals surface area (Å²) in [6.45, 7) is 22.0. The molecular formula is C43H50Zr-4. The van der Waals surface area contributed by atoms with E-state index in [4.69, 9.17) is 0 Å². The number of allylic oxidation sites excluding steroid dienone is 4. The molecule has 1 unspecified atom stereocenters. The van der Waals surface area contributed by atoms with E-state index in [0.717, 1.165) is 6.42 Å². The van der Waals surface area contributed by atoms with E-state index in [0.29, 0.717) is 5.92 Å². The zero-order valence-electron chi connectivity index (χ0n) is 28.7. The Morgan fingerprint density at radius 3 is 1.59 bits per heavy atom. The van der Waals surface area contributed by atoms with E-state index in [1.54, 1.807) is 0 Å². The number of hydrogen-bond acceptors (Lipinski definition) is 0. The molecule has 4 aromatic carbocycles. The van der Waals surface area contributed by atoms with Crippen LogP contribution in [0.1, 0.15) is 88.8 Å². The fourth-order valence-corrected chi connectivity index (χ4v) is 4.72. The molecule has 4 aromatic rings. The second kappa shape index (κ2) is 17.6. The molecule has 0 nitrogen and oxygen atoms in total. The van der Waals surface area contributed by atoms with E-state index in [-0.39, 0.29) is 10.8 Å². The van der Waals surface area contributed by atoms with E-state index in [2.05, 4.69) is 134 Å². The van der Waals surface area contributed by atoms with Crippen LogP contribution in [0.5, 0.6) is 0 Å². The van der Waals surface area contributed by atoms with E-state index >= 15 is 0 Å². The van der Waals surface area contributed by atoms with Crippen LogP contribution in [0, 0.1) is 44.0 Å². The van der Waals surface area contributed by atoms with Gasteiger partial charge in [0.1, 0.15) is 0 Å². The predicted molar refractivity (Wildman–Crippen MR) is 189 cm³/mol. The van der Waals surface area contributed by atoms with Crippen LogP contribution >= 0.6 is 0 Å². The molecule has 0 spiro atoms. The zero-order valence-corrected chi connectivity index (χ0v) is 31.1. The van der Waals surface area contributed by atoms with Gasteiger partial charge in [-0.25, -0.2) is 11.6 Å². The molecule has 0 radical (unpaired) electrons. The Kier molecular flexibility index (Phi) is 14.9. The van der Waals surface area contributed by atoms with Crippen molar-refractivity contribution in [1.29, 1.82) is 0 Å². The minimum absolute atomic E-state index is 0.167. The Morgan fingerprint density at radius 2 is 1.23 bits per heavy atom. The van der Waals surface area contributed by atoms with Crippen LogP contribution in [0.15, 0.2) is 96.6 Å². The molecule has 1 heteroatoms. The summed E-state index contributed by atoms with van der Waals surface area (Å²) in [6.07, 6.45) is 8.40. The number of hydrogen-bond donors (Lipinski definition) is 0. The maximum atomic E-state index is 3.67. The third-order valence-electron chi connectivity index (χ3n) is 7.32. The van der Waals surface area contributed by atoms with E-state index in [9.17, 15) is 0 Å². The Balaban J connectivity index is 0.000000239. The number of aryl methyl sites for hydroxylation is 2. The molecule has 0 N–H and O–H groups in total. The van der Waals surface area contributed by atoms with Gasteiger partial charge in [-0.05, 0) is 28.4 Å². The average molecular weight is 658 g/mol. The molecule has 0 heterocycles. The van der Waals surface area contributed by atoms with Crippen molar-refractivity contribution in [1.82, 2.24) is 0 Å². The summed E-state index contributed by atoms with van der Waals surface area (Å²) in [5, 5.41) is 0. The van der Waals surface area contributed by atoms with Gasteiger partial charge in [0, 0.05) is 0 Å². The van der Waals surface area contributed by atoms with Crippen molar-refractivity contribution in [2.24, 2.45) is 5.92 Å². The van der Waals surface area contributed by atoms with Crippen LogP contribution < -0.4 is 0 Å². The van der Waals surface area contributed by atoms with Gasteiger partial charge in [-0.3, -0.25) is 6.08 Å². The summed E-state index contributed by atoms with van der Waals surface area (Å²) >= 11 is 1.30. The summed E-state index contributed by atoms with van der Waals surface area (Å²) in [7, 11) is 0. The Bertz CT molecular complexity index is 1390. The molecular weight excluding hydrogens is 608 g/mol. The molecule has 2 aliphatic carbocycles. The van der Waals surface area contributed by atoms with Crippen LogP contribution in [0.3, 0.4) is 0 Å². The standard InChI is InChI=1S/C21H25.C7H9.2C7H7.CH2.Zr/c1-20(2,3)16-7-9-18-14(12-16)11-15-13-17(21(4,5)6)8-10-19(15)18;1-6-3-4-7(2)5-6;2*1-7-5-3-2-4-6-7;;/h7-10,12H,11H2,1-6H3;3,5,7H,1-2H3;2*3-6H,1H3;1H2;/q4*-1;;. The van der Waals surface area contributed by atoms with Crippen molar-refractivity contribution in [3.05, 3.63) is 154 Å². The molecule has 0 saturated carbocycles. The van der Waals surface area contributed by atoms with E-state index < -0.39 is 0 Å². The van der Waals surface area contributed by atoms with E-state index in [1.165, 1.54) is 74.3 Å². The first-order valence-corrected chi connectivity index (χ1v) is 17.2. The number of fused-ring (bicyclic) bond motifs is 3. The fourth-order valence-electron chi connectivity index (χ4n) is 4.72. The van der Waals surface area contributed by atoms with Crippen LogP contribution in [0.25, 0.3) is 11.1 Å². The van der Waals surface area contributed by atoms with Crippen molar-refractivity contribution in [2.45, 2.75) is 86.5 Å². The topological polar surface area (TPSA) is 0 Å². The van der Waals surface area contributed by atoms with Crippen molar-refractivity contribution in [2.75, 3.05) is 0 Å². The van der Waals surface area contributed by atoms with Gasteiger partial charge in [-0.2, -0.15) is 102 Å². The third kappa shape index (κ3) is 12.2. The first kappa shape index (κ1) is 37.3. The van der Waals surface area contributed by atoms with E-state index in [1.807, 2.05) is 54.6 Å². The summed E-state index contributed by atoms with van der Waals surface area (Å²) < 4.78 is 3.34. The molecule has 1 atom stereocenters. The molecule has 2 aliphatic rings. The molecule has 0 amide bonds. The predicted octanol–water partition coefficient (Wildman–Crippen LogP) is 11.2. The second-order valence-electron chi connectivity index (χ2n) is 13.5. The van der Waals surface area contributed by atoms with Crippen LogP contribution in [0.2, 0.25) is 0 Å². The molecule has 0 bridgehead atoms. The zero-order chi connectivity index (χ0) is 32.9. The molecule has 0 aliphatic heterocycles. The Morgan fingerprint density at radius 1 is 0.705 bits per heavy atom.